The number of likely N-dealkylation sites (tertiary alicyclic amines) is 1. The number of unbranched alkanes of at least 4 members (excludes halogenated alkanes) is 4. The Morgan fingerprint density at radius 1 is 1.05 bits per heavy atom. The molecular formula is C40H50FN11O5. The Balaban J connectivity index is 0.847. The summed E-state index contributed by atoms with van der Waals surface area (Å²) in [5, 5.41) is 14.3. The Morgan fingerprint density at radius 2 is 1.81 bits per heavy atom. The Kier molecular flexibility index (Phi) is 11.8. The molecule has 16 nitrogen and oxygen atoms in total. The van der Waals surface area contributed by atoms with Crippen molar-refractivity contribution >= 4 is 46.4 Å². The minimum atomic E-state index is -1.02. The number of nitrogens with one attached hydrogen (secondary N) is 2. The third kappa shape index (κ3) is 8.18. The second-order valence-electron chi connectivity index (χ2n) is 15.1. The maximum absolute atomic E-state index is 13.3. The van der Waals surface area contributed by atoms with Crippen molar-refractivity contribution in [2.45, 2.75) is 101 Å². The van der Waals surface area contributed by atoms with Crippen LogP contribution in [0.5, 0.6) is 0 Å². The lowest BCUT2D eigenvalue weighted by molar-refractivity contribution is -0.132. The van der Waals surface area contributed by atoms with Crippen LogP contribution in [0.1, 0.15) is 98.8 Å². The van der Waals surface area contributed by atoms with E-state index in [-0.39, 0.29) is 42.1 Å². The maximum atomic E-state index is 13.3. The van der Waals surface area contributed by atoms with Gasteiger partial charge in [-0.05, 0) is 50.2 Å². The fourth-order valence-electron chi connectivity index (χ4n) is 8.02. The van der Waals surface area contributed by atoms with E-state index in [1.165, 1.54) is 22.3 Å². The minimum Gasteiger partial charge on any atom is -0.395 e. The van der Waals surface area contributed by atoms with E-state index in [2.05, 4.69) is 25.8 Å². The van der Waals surface area contributed by atoms with E-state index in [0.29, 0.717) is 48.3 Å². The molecule has 2 aliphatic rings. The van der Waals surface area contributed by atoms with Gasteiger partial charge in [-0.25, -0.2) is 18.7 Å². The third-order valence-electron chi connectivity index (χ3n) is 11.4. The molecule has 3 amide bonds. The number of aldehydes is 1. The summed E-state index contributed by atoms with van der Waals surface area (Å²) in [5.41, 5.74) is 11.0. The van der Waals surface area contributed by atoms with Gasteiger partial charge in [0.05, 0.1) is 47.4 Å². The van der Waals surface area contributed by atoms with Crippen molar-refractivity contribution in [3.63, 3.8) is 0 Å². The third-order valence-corrected chi connectivity index (χ3v) is 11.4. The Bertz CT molecular complexity index is 2340. The van der Waals surface area contributed by atoms with Gasteiger partial charge in [-0.15, -0.1) is 0 Å². The zero-order valence-corrected chi connectivity index (χ0v) is 32.4. The standard InChI is InChI=1S/C40H50FN11O5/c1-43-38(55)32(13-9-19-53)51-31-12-8-11-25(36(31)48(2)40(51)57)10-6-4-3-5-7-14-34(54)49-17-15-27(16-18-49)50-24-26(21-45-50)28-22-46-52-33(23-44-37(52)35(28)42)39(56)47-30-20-29(30)41/h8,11-12,19,21-24,27,29-30,32H,3-7,9-10,13-18,20,42H2,1-2H3,(H,43,55)(H,47,56)/t29-,30+,32?/m0/s1. The zero-order valence-electron chi connectivity index (χ0n) is 32.4. The van der Waals surface area contributed by atoms with Crippen molar-refractivity contribution in [1.82, 2.24) is 49.0 Å². The number of amides is 3. The number of anilines is 1. The van der Waals surface area contributed by atoms with Gasteiger partial charge in [0.1, 0.15) is 18.5 Å². The summed E-state index contributed by atoms with van der Waals surface area (Å²) in [6, 6.07) is 4.68. The smallest absolute Gasteiger partial charge is 0.329 e. The van der Waals surface area contributed by atoms with Crippen molar-refractivity contribution in [2.24, 2.45) is 7.05 Å². The summed E-state index contributed by atoms with van der Waals surface area (Å²) in [6.45, 7) is 1.32. The van der Waals surface area contributed by atoms with E-state index in [9.17, 15) is 28.4 Å². The van der Waals surface area contributed by atoms with Crippen LogP contribution in [0.25, 0.3) is 27.8 Å². The largest absolute Gasteiger partial charge is 0.395 e. The highest BCUT2D eigenvalue weighted by molar-refractivity contribution is 5.95. The van der Waals surface area contributed by atoms with Crippen LogP contribution in [-0.4, -0.2) is 94.8 Å². The molecule has 1 saturated heterocycles. The molecule has 302 valence electrons. The molecule has 0 spiro atoms. The van der Waals surface area contributed by atoms with Crippen LogP contribution in [0, 0.1) is 0 Å². The number of rotatable bonds is 17. The lowest BCUT2D eigenvalue weighted by Gasteiger charge is -2.32. The topological polar surface area (TPSA) is 197 Å². The van der Waals surface area contributed by atoms with Crippen LogP contribution >= 0.6 is 0 Å². The first kappa shape index (κ1) is 39.4. The summed E-state index contributed by atoms with van der Waals surface area (Å²) < 4.78 is 19.7. The number of carbonyl (C=O) groups excluding carboxylic acids is 4. The molecule has 1 saturated carbocycles. The van der Waals surface area contributed by atoms with Gasteiger partial charge in [0.2, 0.25) is 11.8 Å². The lowest BCUT2D eigenvalue weighted by Crippen LogP contribution is -2.39. The highest BCUT2D eigenvalue weighted by atomic mass is 19.1. The van der Waals surface area contributed by atoms with E-state index < -0.39 is 24.2 Å². The summed E-state index contributed by atoms with van der Waals surface area (Å²) in [6.07, 6.45) is 14.7. The molecule has 5 aromatic rings. The number of nitrogens with two attached hydrogens (primary N) is 1. The van der Waals surface area contributed by atoms with Gasteiger partial charge in [0.15, 0.2) is 11.3 Å². The normalized spacial score (nSPS) is 17.6. The van der Waals surface area contributed by atoms with Gasteiger partial charge < -0.3 is 26.1 Å². The molecule has 57 heavy (non-hydrogen) atoms. The number of halogens is 1. The van der Waals surface area contributed by atoms with Gasteiger partial charge in [0, 0.05) is 63.8 Å². The number of hydrogen-bond donors (Lipinski definition) is 3. The van der Waals surface area contributed by atoms with Crippen LogP contribution in [0.4, 0.5) is 10.1 Å². The first-order valence-corrected chi connectivity index (χ1v) is 19.8. The molecule has 17 heteroatoms. The fraction of sp³-hybridized carbons (Fsp3) is 0.500. The predicted octanol–water partition coefficient (Wildman–Crippen LogP) is 3.68. The number of aromatic nitrogens is 7. The molecule has 1 unspecified atom stereocenters. The molecule has 4 aromatic heterocycles. The summed E-state index contributed by atoms with van der Waals surface area (Å²) in [7, 11) is 3.25. The van der Waals surface area contributed by atoms with Crippen molar-refractivity contribution in [1.29, 1.82) is 0 Å². The Hall–Kier alpha value is -5.87. The first-order chi connectivity index (χ1) is 27.6. The number of nitrogens with zero attached hydrogens (tertiary/aromatic N) is 8. The van der Waals surface area contributed by atoms with Gasteiger partial charge in [-0.1, -0.05) is 31.4 Å². The fourth-order valence-corrected chi connectivity index (χ4v) is 8.02. The number of benzene rings is 1. The average Bonchev–Trinajstić information content (AvgIpc) is 3.55. The van der Waals surface area contributed by atoms with Crippen LogP contribution in [0.2, 0.25) is 0 Å². The number of likely N-dealkylation sites (N-methyl/N-ethyl adjacent to an activating group) is 1. The molecule has 1 aromatic carbocycles. The maximum Gasteiger partial charge on any atom is 0.329 e. The molecule has 0 radical (unpaired) electrons. The first-order valence-electron chi connectivity index (χ1n) is 19.8. The molecule has 1 aliphatic carbocycles. The second kappa shape index (κ2) is 17.1. The molecule has 0 bridgehead atoms. The summed E-state index contributed by atoms with van der Waals surface area (Å²) in [5.74, 6) is -0.573. The molecular weight excluding hydrogens is 734 g/mol. The Morgan fingerprint density at radius 3 is 2.54 bits per heavy atom. The number of nitrogen functional groups attached to an aromatic ring is 1. The number of hydrogen-bond acceptors (Lipinski definition) is 9. The van der Waals surface area contributed by atoms with Gasteiger partial charge in [0.25, 0.3) is 5.91 Å². The summed E-state index contributed by atoms with van der Waals surface area (Å²) in [4.78, 5) is 69.0. The summed E-state index contributed by atoms with van der Waals surface area (Å²) >= 11 is 0. The van der Waals surface area contributed by atoms with Crippen LogP contribution < -0.4 is 22.1 Å². The number of para-hydroxylation sites is 1. The number of alkyl halides is 1. The predicted molar refractivity (Wildman–Crippen MR) is 211 cm³/mol. The van der Waals surface area contributed by atoms with E-state index in [1.807, 2.05) is 34.0 Å². The molecule has 7 rings (SSSR count). The minimum absolute atomic E-state index is 0.135. The lowest BCUT2D eigenvalue weighted by atomic mass is 10.0. The quantitative estimate of drug-likeness (QED) is 0.0931. The van der Waals surface area contributed by atoms with Gasteiger partial charge in [-0.2, -0.15) is 10.2 Å². The van der Waals surface area contributed by atoms with Crippen molar-refractivity contribution in [2.75, 3.05) is 25.9 Å². The highest BCUT2D eigenvalue weighted by Gasteiger charge is 2.39. The van der Waals surface area contributed by atoms with E-state index in [0.717, 1.165) is 74.3 Å². The SMILES string of the molecule is CNC(=O)C(CCC=O)n1c(=O)n(C)c2c(CCCCCCCC(=O)N3CCC(n4cc(-c5cnn6c(C(=O)N[C@@H]7C[C@@H]7F)cnc6c5N)cn4)CC3)cccc21. The van der Waals surface area contributed by atoms with Crippen molar-refractivity contribution in [3.8, 4) is 11.1 Å². The second-order valence-corrected chi connectivity index (χ2v) is 15.1. The molecule has 4 N–H and O–H groups in total. The average molecular weight is 784 g/mol. The number of piperidine rings is 1. The van der Waals surface area contributed by atoms with E-state index >= 15 is 0 Å². The molecule has 5 heterocycles. The van der Waals surface area contributed by atoms with E-state index in [4.69, 9.17) is 5.73 Å². The highest BCUT2D eigenvalue weighted by Crippen LogP contribution is 2.31. The molecule has 1 aliphatic heterocycles. The van der Waals surface area contributed by atoms with Crippen molar-refractivity contribution < 1.29 is 23.6 Å². The Labute approximate surface area is 328 Å². The molecule has 2 fully saturated rings. The monoisotopic (exact) mass is 783 g/mol. The number of aryl methyl sites for hydroxylation is 2. The number of carbonyl (C=O) groups is 4. The van der Waals surface area contributed by atoms with Crippen molar-refractivity contribution in [3.05, 3.63) is 64.7 Å². The molecule has 3 atom stereocenters. The zero-order chi connectivity index (χ0) is 40.2. The van der Waals surface area contributed by atoms with Gasteiger partial charge >= 0.3 is 5.69 Å². The number of fused-ring (bicyclic) bond motifs is 2. The van der Waals surface area contributed by atoms with Crippen LogP contribution in [0.15, 0.2) is 47.8 Å². The van der Waals surface area contributed by atoms with Gasteiger partial charge in [-0.3, -0.25) is 28.2 Å². The van der Waals surface area contributed by atoms with Crippen LogP contribution in [-0.2, 0) is 27.9 Å². The number of imidazole rings is 2. The van der Waals surface area contributed by atoms with E-state index in [1.54, 1.807) is 24.0 Å². The van der Waals surface area contributed by atoms with Crippen LogP contribution in [0.3, 0.4) is 0 Å².